The third-order valence-corrected chi connectivity index (χ3v) is 5.87. The molecule has 5 rings (SSSR count). The van der Waals surface area contributed by atoms with E-state index in [9.17, 15) is 5.11 Å². The van der Waals surface area contributed by atoms with Crippen LogP contribution in [-0.4, -0.2) is 60.4 Å². The molecule has 4 heterocycles. The van der Waals surface area contributed by atoms with E-state index in [1.165, 1.54) is 12.8 Å². The van der Waals surface area contributed by atoms with Crippen LogP contribution in [0.15, 0.2) is 36.4 Å². The van der Waals surface area contributed by atoms with Crippen LogP contribution < -0.4 is 10.2 Å². The molecular weight excluding hydrogens is 340 g/mol. The Hall–Kier alpha value is -2.15. The molecule has 1 aromatic carbocycles. The van der Waals surface area contributed by atoms with E-state index in [0.29, 0.717) is 6.10 Å². The van der Waals surface area contributed by atoms with Crippen LogP contribution in [0, 0.1) is 0 Å². The molecule has 0 radical (unpaired) electrons. The second kappa shape index (κ2) is 7.11. The quantitative estimate of drug-likeness (QED) is 0.870. The molecule has 0 amide bonds. The molecule has 6 heteroatoms. The van der Waals surface area contributed by atoms with Gasteiger partial charge in [-0.25, -0.2) is 4.98 Å². The van der Waals surface area contributed by atoms with Crippen molar-refractivity contribution in [1.29, 1.82) is 0 Å². The smallest absolute Gasteiger partial charge is 0.151 e. The first-order valence-electron chi connectivity index (χ1n) is 9.92. The summed E-state index contributed by atoms with van der Waals surface area (Å²) in [6.45, 7) is 6.04. The van der Waals surface area contributed by atoms with Crippen LogP contribution in [0.3, 0.4) is 0 Å². The van der Waals surface area contributed by atoms with Gasteiger partial charge in [0.2, 0.25) is 0 Å². The molecule has 0 aliphatic carbocycles. The van der Waals surface area contributed by atoms with Crippen molar-refractivity contribution in [1.82, 2.24) is 9.88 Å². The lowest BCUT2D eigenvalue weighted by Crippen LogP contribution is -2.48. The Balaban J connectivity index is 1.31. The number of nitrogens with zero attached hydrogens (tertiary/aromatic N) is 3. The molecule has 0 saturated carbocycles. The minimum atomic E-state index is -0.678. The second-order valence-corrected chi connectivity index (χ2v) is 7.62. The van der Waals surface area contributed by atoms with Gasteiger partial charge in [0.1, 0.15) is 5.82 Å². The first-order valence-corrected chi connectivity index (χ1v) is 9.92. The highest BCUT2D eigenvalue weighted by Crippen LogP contribution is 2.39. The van der Waals surface area contributed by atoms with Crippen LogP contribution in [-0.2, 0) is 4.74 Å². The minimum absolute atomic E-state index is 0.424. The van der Waals surface area contributed by atoms with Gasteiger partial charge in [0.15, 0.2) is 6.23 Å². The van der Waals surface area contributed by atoms with Crippen LogP contribution in [0.4, 0.5) is 11.5 Å². The fourth-order valence-electron chi connectivity index (χ4n) is 4.36. The summed E-state index contributed by atoms with van der Waals surface area (Å²) >= 11 is 0. The Kier molecular flexibility index (Phi) is 4.47. The van der Waals surface area contributed by atoms with E-state index in [1.807, 2.05) is 30.3 Å². The monoisotopic (exact) mass is 366 g/mol. The van der Waals surface area contributed by atoms with Gasteiger partial charge in [-0.2, -0.15) is 0 Å². The summed E-state index contributed by atoms with van der Waals surface area (Å²) in [7, 11) is 0. The summed E-state index contributed by atoms with van der Waals surface area (Å²) in [5.41, 5.74) is 3.71. The number of aliphatic hydroxyl groups excluding tert-OH is 1. The molecular formula is C21H26N4O2. The topological polar surface area (TPSA) is 60.9 Å². The molecule has 27 heavy (non-hydrogen) atoms. The van der Waals surface area contributed by atoms with Crippen LogP contribution >= 0.6 is 0 Å². The number of hydrogen-bond donors (Lipinski definition) is 2. The minimum Gasteiger partial charge on any atom is -0.377 e. The molecule has 0 spiro atoms. The standard InChI is InChI=1S/C21H26N4O2/c26-21-17-6-2-1-5-16(17)20-18(22-21)7-8-19(23-20)25-11-9-24(10-12-25)14-15-4-3-13-27-15/h1-2,5-8,15,21-22,26H,3-4,9-14H2. The van der Waals surface area contributed by atoms with Gasteiger partial charge in [0.25, 0.3) is 0 Å². The molecule has 6 nitrogen and oxygen atoms in total. The predicted octanol–water partition coefficient (Wildman–Crippen LogP) is 2.47. The zero-order valence-corrected chi connectivity index (χ0v) is 15.5. The van der Waals surface area contributed by atoms with E-state index in [-0.39, 0.29) is 0 Å². The zero-order valence-electron chi connectivity index (χ0n) is 15.5. The van der Waals surface area contributed by atoms with Crippen molar-refractivity contribution in [2.45, 2.75) is 25.2 Å². The van der Waals surface area contributed by atoms with Gasteiger partial charge in [-0.3, -0.25) is 4.90 Å². The lowest BCUT2D eigenvalue weighted by molar-refractivity contribution is 0.0712. The number of rotatable bonds is 3. The lowest BCUT2D eigenvalue weighted by Gasteiger charge is -2.37. The molecule has 2 unspecified atom stereocenters. The van der Waals surface area contributed by atoms with E-state index in [4.69, 9.17) is 9.72 Å². The molecule has 0 bridgehead atoms. The first-order chi connectivity index (χ1) is 13.3. The second-order valence-electron chi connectivity index (χ2n) is 7.62. The van der Waals surface area contributed by atoms with E-state index < -0.39 is 6.23 Å². The van der Waals surface area contributed by atoms with E-state index >= 15 is 0 Å². The number of aliphatic hydroxyl groups is 1. The Labute approximate surface area is 159 Å². The number of aromatic nitrogens is 1. The molecule has 3 aliphatic heterocycles. The molecule has 2 aromatic rings. The van der Waals surface area contributed by atoms with Gasteiger partial charge in [0, 0.05) is 50.5 Å². The van der Waals surface area contributed by atoms with E-state index in [0.717, 1.165) is 67.7 Å². The third kappa shape index (κ3) is 3.29. The zero-order chi connectivity index (χ0) is 18.2. The van der Waals surface area contributed by atoms with Gasteiger partial charge in [-0.1, -0.05) is 24.3 Å². The van der Waals surface area contributed by atoms with Crippen molar-refractivity contribution in [2.75, 3.05) is 49.5 Å². The average molecular weight is 366 g/mol. The van der Waals surface area contributed by atoms with Crippen LogP contribution in [0.2, 0.25) is 0 Å². The molecule has 3 aliphatic rings. The Morgan fingerprint density at radius 2 is 1.96 bits per heavy atom. The molecule has 1 aromatic heterocycles. The van der Waals surface area contributed by atoms with Crippen molar-refractivity contribution in [3.05, 3.63) is 42.0 Å². The van der Waals surface area contributed by atoms with Crippen molar-refractivity contribution in [3.8, 4) is 11.3 Å². The van der Waals surface area contributed by atoms with E-state index in [2.05, 4.69) is 21.2 Å². The number of hydrogen-bond acceptors (Lipinski definition) is 6. The normalized spacial score (nSPS) is 25.0. The van der Waals surface area contributed by atoms with Gasteiger partial charge in [-0.15, -0.1) is 0 Å². The number of nitrogens with one attached hydrogen (secondary N) is 1. The number of anilines is 2. The summed E-state index contributed by atoms with van der Waals surface area (Å²) in [6, 6.07) is 12.0. The van der Waals surface area contributed by atoms with Crippen LogP contribution in [0.1, 0.15) is 24.6 Å². The average Bonchev–Trinajstić information content (AvgIpc) is 3.22. The Bertz CT molecular complexity index is 814. The fraction of sp³-hybridized carbons (Fsp3) is 0.476. The Morgan fingerprint density at radius 3 is 2.78 bits per heavy atom. The maximum Gasteiger partial charge on any atom is 0.151 e. The molecule has 2 atom stereocenters. The third-order valence-electron chi connectivity index (χ3n) is 5.87. The van der Waals surface area contributed by atoms with Crippen molar-refractivity contribution < 1.29 is 9.84 Å². The maximum atomic E-state index is 10.3. The highest BCUT2D eigenvalue weighted by atomic mass is 16.5. The summed E-state index contributed by atoms with van der Waals surface area (Å²) < 4.78 is 5.78. The summed E-state index contributed by atoms with van der Waals surface area (Å²) in [6.07, 6.45) is 2.15. The van der Waals surface area contributed by atoms with Gasteiger partial charge >= 0.3 is 0 Å². The van der Waals surface area contributed by atoms with Crippen LogP contribution in [0.5, 0.6) is 0 Å². The number of piperazine rings is 1. The number of fused-ring (bicyclic) bond motifs is 3. The first kappa shape index (κ1) is 17.0. The van der Waals surface area contributed by atoms with Gasteiger partial charge in [0.05, 0.1) is 17.5 Å². The number of pyridine rings is 1. The largest absolute Gasteiger partial charge is 0.377 e. The maximum absolute atomic E-state index is 10.3. The Morgan fingerprint density at radius 1 is 1.11 bits per heavy atom. The lowest BCUT2D eigenvalue weighted by atomic mass is 9.98. The van der Waals surface area contributed by atoms with Crippen molar-refractivity contribution in [3.63, 3.8) is 0 Å². The van der Waals surface area contributed by atoms with E-state index in [1.54, 1.807) is 0 Å². The van der Waals surface area contributed by atoms with Gasteiger partial charge < -0.3 is 20.1 Å². The predicted molar refractivity (Wildman–Crippen MR) is 106 cm³/mol. The number of benzene rings is 1. The SMILES string of the molecule is OC1Nc2ccc(N3CCN(CC4CCCO4)CC3)nc2-c2ccccc21. The highest BCUT2D eigenvalue weighted by Gasteiger charge is 2.26. The highest BCUT2D eigenvalue weighted by molar-refractivity contribution is 5.81. The summed E-state index contributed by atoms with van der Waals surface area (Å²) in [4.78, 5) is 9.82. The molecule has 2 saturated heterocycles. The summed E-state index contributed by atoms with van der Waals surface area (Å²) in [5, 5.41) is 13.5. The molecule has 2 N–H and O–H groups in total. The van der Waals surface area contributed by atoms with Gasteiger partial charge in [-0.05, 0) is 25.0 Å². The van der Waals surface area contributed by atoms with Crippen molar-refractivity contribution >= 4 is 11.5 Å². The van der Waals surface area contributed by atoms with Crippen LogP contribution in [0.25, 0.3) is 11.3 Å². The van der Waals surface area contributed by atoms with Crippen molar-refractivity contribution in [2.24, 2.45) is 0 Å². The molecule has 142 valence electrons. The fourth-order valence-corrected chi connectivity index (χ4v) is 4.36. The number of ether oxygens (including phenoxy) is 1. The molecule has 2 fully saturated rings. The summed E-state index contributed by atoms with van der Waals surface area (Å²) in [5.74, 6) is 1.01.